The minimum absolute atomic E-state index is 0.0274. The summed E-state index contributed by atoms with van der Waals surface area (Å²) < 4.78 is 11.2. The number of nitrogens with zero attached hydrogens (tertiary/aromatic N) is 2. The summed E-state index contributed by atoms with van der Waals surface area (Å²) >= 11 is 0. The Labute approximate surface area is 174 Å². The first-order valence-electron chi connectivity index (χ1n) is 9.30. The average molecular weight is 394 g/mol. The van der Waals surface area contributed by atoms with Crippen molar-refractivity contribution in [2.45, 2.75) is 0 Å². The molecule has 5 nitrogen and oxygen atoms in total. The van der Waals surface area contributed by atoms with E-state index in [1.54, 1.807) is 18.2 Å². The quantitative estimate of drug-likeness (QED) is 0.424. The van der Waals surface area contributed by atoms with Gasteiger partial charge in [0.2, 0.25) is 5.88 Å². The van der Waals surface area contributed by atoms with Crippen molar-refractivity contribution in [1.29, 1.82) is 5.26 Å². The van der Waals surface area contributed by atoms with Crippen molar-refractivity contribution in [3.8, 4) is 40.0 Å². The lowest BCUT2D eigenvalue weighted by Gasteiger charge is -2.04. The molecule has 0 aliphatic rings. The summed E-state index contributed by atoms with van der Waals surface area (Å²) in [5.74, 6) is 1.06. The number of aromatic hydroxyl groups is 1. The summed E-state index contributed by atoms with van der Waals surface area (Å²) in [7, 11) is 1.48. The van der Waals surface area contributed by atoms with Crippen LogP contribution in [0.2, 0.25) is 0 Å². The van der Waals surface area contributed by atoms with Gasteiger partial charge >= 0.3 is 0 Å². The smallest absolute Gasteiger partial charge is 0.238 e. The van der Waals surface area contributed by atoms with Crippen LogP contribution >= 0.6 is 0 Å². The lowest BCUT2D eigenvalue weighted by Crippen LogP contribution is -1.88. The maximum atomic E-state index is 10.3. The molecule has 0 bridgehead atoms. The second-order valence-electron chi connectivity index (χ2n) is 6.49. The molecule has 146 valence electrons. The third-order valence-electron chi connectivity index (χ3n) is 4.67. The highest BCUT2D eigenvalue weighted by atomic mass is 16.5. The number of furan rings is 1. The first-order chi connectivity index (χ1) is 14.7. The normalized spacial score (nSPS) is 10.8. The van der Waals surface area contributed by atoms with Gasteiger partial charge in [-0.2, -0.15) is 5.26 Å². The SMILES string of the molecule is COc1cccc(C=Nc2oc(-c3ccccc3)c(-c3ccccc3)c2C#N)c1O. The Morgan fingerprint density at radius 2 is 1.60 bits per heavy atom. The van der Waals surface area contributed by atoms with Crippen LogP contribution in [0, 0.1) is 11.3 Å². The van der Waals surface area contributed by atoms with Crippen molar-refractivity contribution < 1.29 is 14.3 Å². The molecule has 0 spiro atoms. The second kappa shape index (κ2) is 8.38. The van der Waals surface area contributed by atoms with E-state index in [9.17, 15) is 10.4 Å². The summed E-state index contributed by atoms with van der Waals surface area (Å²) in [6.07, 6.45) is 1.46. The standard InChI is InChI=1S/C25H18N2O3/c1-29-21-14-8-13-19(23(21)28)16-27-25-20(15-26)22(17-9-4-2-5-10-17)24(30-25)18-11-6-3-7-12-18/h2-14,16,28H,1H3. The molecular weight excluding hydrogens is 376 g/mol. The van der Waals surface area contributed by atoms with Crippen molar-refractivity contribution in [2.75, 3.05) is 7.11 Å². The molecule has 0 aliphatic heterocycles. The van der Waals surface area contributed by atoms with E-state index in [2.05, 4.69) is 11.1 Å². The predicted octanol–water partition coefficient (Wildman–Crippen LogP) is 5.95. The van der Waals surface area contributed by atoms with Gasteiger partial charge in [-0.15, -0.1) is 0 Å². The van der Waals surface area contributed by atoms with E-state index in [1.165, 1.54) is 13.3 Å². The maximum absolute atomic E-state index is 10.3. The highest BCUT2D eigenvalue weighted by molar-refractivity contribution is 5.91. The van der Waals surface area contributed by atoms with Crippen molar-refractivity contribution in [2.24, 2.45) is 4.99 Å². The Bertz CT molecular complexity index is 1240. The molecule has 3 aromatic carbocycles. The fourth-order valence-corrected chi connectivity index (χ4v) is 3.22. The van der Waals surface area contributed by atoms with E-state index in [0.717, 1.165) is 11.1 Å². The Morgan fingerprint density at radius 1 is 0.933 bits per heavy atom. The van der Waals surface area contributed by atoms with Gasteiger partial charge in [-0.25, -0.2) is 4.99 Å². The van der Waals surface area contributed by atoms with Gasteiger partial charge in [0, 0.05) is 22.9 Å². The predicted molar refractivity (Wildman–Crippen MR) is 116 cm³/mol. The number of hydrogen-bond acceptors (Lipinski definition) is 5. The molecule has 0 amide bonds. The summed E-state index contributed by atoms with van der Waals surface area (Å²) in [5, 5.41) is 20.2. The molecule has 0 saturated carbocycles. The summed E-state index contributed by atoms with van der Waals surface area (Å²) in [6, 6.07) is 26.5. The maximum Gasteiger partial charge on any atom is 0.238 e. The van der Waals surface area contributed by atoms with Crippen LogP contribution in [0.3, 0.4) is 0 Å². The van der Waals surface area contributed by atoms with Gasteiger partial charge < -0.3 is 14.3 Å². The highest BCUT2D eigenvalue weighted by Gasteiger charge is 2.22. The first-order valence-corrected chi connectivity index (χ1v) is 9.30. The average Bonchev–Trinajstić information content (AvgIpc) is 3.18. The number of phenolic OH excluding ortho intramolecular Hbond substituents is 1. The van der Waals surface area contributed by atoms with Crippen molar-refractivity contribution >= 4 is 12.1 Å². The van der Waals surface area contributed by atoms with E-state index in [-0.39, 0.29) is 11.6 Å². The van der Waals surface area contributed by atoms with Crippen LogP contribution in [0.25, 0.3) is 22.5 Å². The van der Waals surface area contributed by atoms with E-state index < -0.39 is 0 Å². The molecule has 30 heavy (non-hydrogen) atoms. The zero-order valence-electron chi connectivity index (χ0n) is 16.2. The van der Waals surface area contributed by atoms with Gasteiger partial charge in [-0.1, -0.05) is 66.7 Å². The first kappa shape index (κ1) is 19.0. The highest BCUT2D eigenvalue weighted by Crippen LogP contribution is 2.42. The zero-order valence-corrected chi connectivity index (χ0v) is 16.2. The number of para-hydroxylation sites is 1. The number of rotatable bonds is 5. The number of methoxy groups -OCH3 is 1. The largest absolute Gasteiger partial charge is 0.504 e. The molecule has 4 aromatic rings. The van der Waals surface area contributed by atoms with Gasteiger partial charge in [0.05, 0.1) is 7.11 Å². The topological polar surface area (TPSA) is 78.8 Å². The monoisotopic (exact) mass is 394 g/mol. The third kappa shape index (κ3) is 3.54. The number of phenols is 1. The lowest BCUT2D eigenvalue weighted by atomic mass is 9.98. The molecular formula is C25H18N2O3. The fourth-order valence-electron chi connectivity index (χ4n) is 3.22. The molecule has 1 heterocycles. The van der Waals surface area contributed by atoms with E-state index in [0.29, 0.717) is 28.2 Å². The number of benzene rings is 3. The molecule has 0 unspecified atom stereocenters. The third-order valence-corrected chi connectivity index (χ3v) is 4.67. The van der Waals surface area contributed by atoms with Crippen LogP contribution in [0.4, 0.5) is 5.88 Å². The van der Waals surface area contributed by atoms with Crippen LogP contribution in [0.5, 0.6) is 11.5 Å². The van der Waals surface area contributed by atoms with Gasteiger partial charge in [0.25, 0.3) is 0 Å². The fraction of sp³-hybridized carbons (Fsp3) is 0.0400. The number of nitriles is 1. The van der Waals surface area contributed by atoms with Crippen molar-refractivity contribution in [3.63, 3.8) is 0 Å². The van der Waals surface area contributed by atoms with Crippen molar-refractivity contribution in [3.05, 3.63) is 90.0 Å². The van der Waals surface area contributed by atoms with Crippen LogP contribution in [-0.2, 0) is 0 Å². The number of ether oxygens (including phenoxy) is 1. The van der Waals surface area contributed by atoms with Gasteiger partial charge in [0.15, 0.2) is 11.5 Å². The molecule has 5 heteroatoms. The summed E-state index contributed by atoms with van der Waals surface area (Å²) in [5.41, 5.74) is 3.18. The number of aliphatic imine (C=N–C) groups is 1. The Morgan fingerprint density at radius 3 is 2.23 bits per heavy atom. The Balaban J connectivity index is 1.88. The molecule has 1 aromatic heterocycles. The Hall–Kier alpha value is -4.30. The minimum atomic E-state index is -0.0274. The van der Waals surface area contributed by atoms with E-state index in [1.807, 2.05) is 60.7 Å². The van der Waals surface area contributed by atoms with Crippen LogP contribution in [-0.4, -0.2) is 18.4 Å². The van der Waals surface area contributed by atoms with E-state index >= 15 is 0 Å². The van der Waals surface area contributed by atoms with Gasteiger partial charge in [-0.05, 0) is 17.7 Å². The van der Waals surface area contributed by atoms with Gasteiger partial charge in [0.1, 0.15) is 17.4 Å². The molecule has 0 aliphatic carbocycles. The molecule has 1 N–H and O–H groups in total. The van der Waals surface area contributed by atoms with Crippen LogP contribution in [0.15, 0.2) is 88.3 Å². The molecule has 0 atom stereocenters. The molecule has 0 fully saturated rings. The lowest BCUT2D eigenvalue weighted by molar-refractivity contribution is 0.373. The number of hydrogen-bond donors (Lipinski definition) is 1. The van der Waals surface area contributed by atoms with Crippen LogP contribution in [0.1, 0.15) is 11.1 Å². The molecule has 4 rings (SSSR count). The van der Waals surface area contributed by atoms with Gasteiger partial charge in [-0.3, -0.25) is 0 Å². The summed E-state index contributed by atoms with van der Waals surface area (Å²) in [4.78, 5) is 4.39. The van der Waals surface area contributed by atoms with Crippen molar-refractivity contribution in [1.82, 2.24) is 0 Å². The van der Waals surface area contributed by atoms with E-state index in [4.69, 9.17) is 9.15 Å². The Kier molecular flexibility index (Phi) is 5.31. The molecule has 0 saturated heterocycles. The molecule has 0 radical (unpaired) electrons. The zero-order chi connectivity index (χ0) is 20.9. The van der Waals surface area contributed by atoms with Crippen LogP contribution < -0.4 is 4.74 Å². The second-order valence-corrected chi connectivity index (χ2v) is 6.49. The summed E-state index contributed by atoms with van der Waals surface area (Å²) in [6.45, 7) is 0. The minimum Gasteiger partial charge on any atom is -0.504 e.